The molecule has 0 aromatic heterocycles. The van der Waals surface area contributed by atoms with E-state index in [4.69, 9.17) is 9.47 Å². The van der Waals surface area contributed by atoms with Crippen molar-refractivity contribution in [3.63, 3.8) is 0 Å². The normalized spacial score (nSPS) is 12.3. The minimum absolute atomic E-state index is 0.148. The lowest BCUT2D eigenvalue weighted by Crippen LogP contribution is -2.31. The quantitative estimate of drug-likeness (QED) is 0.570. The fourth-order valence-electron chi connectivity index (χ4n) is 1.98. The van der Waals surface area contributed by atoms with E-state index in [9.17, 15) is 5.11 Å². The summed E-state index contributed by atoms with van der Waals surface area (Å²) in [7, 11) is 0. The van der Waals surface area contributed by atoms with Crippen LogP contribution in [0.3, 0.4) is 0 Å². The highest BCUT2D eigenvalue weighted by atomic mass is 127. The first kappa shape index (κ1) is 19.6. The number of benzene rings is 1. The number of aliphatic hydroxyl groups excluding tert-OH is 1. The molecule has 0 heterocycles. The Morgan fingerprint density at radius 1 is 1.09 bits per heavy atom. The molecule has 4 heteroatoms. The molecule has 0 aliphatic carbocycles. The van der Waals surface area contributed by atoms with Crippen molar-refractivity contribution in [2.45, 2.75) is 59.5 Å². The van der Waals surface area contributed by atoms with Crippen LogP contribution >= 0.6 is 22.6 Å². The van der Waals surface area contributed by atoms with Crippen LogP contribution in [0.15, 0.2) is 18.2 Å². The summed E-state index contributed by atoms with van der Waals surface area (Å²) in [6.07, 6.45) is 2.76. The maximum atomic E-state index is 9.61. The van der Waals surface area contributed by atoms with Crippen molar-refractivity contribution in [1.29, 1.82) is 0 Å². The Hall–Kier alpha value is -0.490. The maximum absolute atomic E-state index is 9.61. The van der Waals surface area contributed by atoms with E-state index in [-0.39, 0.29) is 17.6 Å². The molecule has 0 unspecified atom stereocenters. The van der Waals surface area contributed by atoms with E-state index in [1.807, 2.05) is 18.2 Å². The Balaban J connectivity index is 2.77. The van der Waals surface area contributed by atoms with Crippen LogP contribution in [0, 0.1) is 8.99 Å². The predicted molar refractivity (Wildman–Crippen MR) is 99.8 cm³/mol. The lowest BCUT2D eigenvalue weighted by Gasteiger charge is -2.29. The molecule has 1 aromatic rings. The van der Waals surface area contributed by atoms with Gasteiger partial charge in [0.2, 0.25) is 0 Å². The average Bonchev–Trinajstić information content (AvgIpc) is 2.51. The smallest absolute Gasteiger partial charge is 0.133 e. The van der Waals surface area contributed by atoms with Crippen molar-refractivity contribution < 1.29 is 14.6 Å². The molecule has 3 nitrogen and oxygen atoms in total. The Morgan fingerprint density at radius 2 is 1.73 bits per heavy atom. The van der Waals surface area contributed by atoms with Gasteiger partial charge in [0.1, 0.15) is 17.1 Å². The topological polar surface area (TPSA) is 38.7 Å². The first-order valence-electron chi connectivity index (χ1n) is 8.03. The van der Waals surface area contributed by atoms with Crippen LogP contribution in [0.25, 0.3) is 0 Å². The van der Waals surface area contributed by atoms with Crippen molar-refractivity contribution in [2.24, 2.45) is 5.41 Å². The van der Waals surface area contributed by atoms with Gasteiger partial charge in [-0.05, 0) is 73.9 Å². The lowest BCUT2D eigenvalue weighted by atomic mass is 9.84. The van der Waals surface area contributed by atoms with E-state index in [2.05, 4.69) is 57.2 Å². The molecular weight excluding hydrogens is 391 g/mol. The third kappa shape index (κ3) is 5.30. The minimum Gasteiger partial charge on any atom is -0.493 e. The molecule has 0 saturated heterocycles. The maximum Gasteiger partial charge on any atom is 0.133 e. The Morgan fingerprint density at radius 3 is 2.18 bits per heavy atom. The highest BCUT2D eigenvalue weighted by Crippen LogP contribution is 2.31. The molecule has 1 rings (SSSR count). The molecule has 0 aliphatic heterocycles. The first-order valence-corrected chi connectivity index (χ1v) is 9.11. The summed E-state index contributed by atoms with van der Waals surface area (Å²) in [6.45, 7) is 11.2. The van der Waals surface area contributed by atoms with Gasteiger partial charge < -0.3 is 14.6 Å². The van der Waals surface area contributed by atoms with Crippen LogP contribution < -0.4 is 9.47 Å². The molecule has 0 spiro atoms. The first-order chi connectivity index (χ1) is 10.3. The molecular formula is C18H29IO3. The van der Waals surface area contributed by atoms with Crippen LogP contribution in [0.2, 0.25) is 0 Å². The second-order valence-electron chi connectivity index (χ2n) is 6.46. The van der Waals surface area contributed by atoms with Crippen molar-refractivity contribution in [2.75, 3.05) is 13.2 Å². The van der Waals surface area contributed by atoms with Gasteiger partial charge in [-0.1, -0.05) is 20.8 Å². The van der Waals surface area contributed by atoms with Gasteiger partial charge in [0, 0.05) is 5.41 Å². The molecule has 0 amide bonds. The average molecular weight is 420 g/mol. The largest absolute Gasteiger partial charge is 0.493 e. The van der Waals surface area contributed by atoms with Gasteiger partial charge >= 0.3 is 0 Å². The molecule has 0 fully saturated rings. The summed E-state index contributed by atoms with van der Waals surface area (Å²) < 4.78 is 13.0. The van der Waals surface area contributed by atoms with Crippen molar-refractivity contribution in [3.05, 3.63) is 21.8 Å². The van der Waals surface area contributed by atoms with E-state index in [1.54, 1.807) is 0 Å². The van der Waals surface area contributed by atoms with E-state index in [0.717, 1.165) is 34.3 Å². The fourth-order valence-corrected chi connectivity index (χ4v) is 2.58. The van der Waals surface area contributed by atoms with Crippen LogP contribution in [-0.4, -0.2) is 23.9 Å². The molecule has 0 aliphatic rings. The van der Waals surface area contributed by atoms with Gasteiger partial charge in [0.15, 0.2) is 0 Å². The molecule has 126 valence electrons. The molecule has 0 radical (unpaired) electrons. The number of hydrogen-bond donors (Lipinski definition) is 1. The summed E-state index contributed by atoms with van der Waals surface area (Å²) in [4.78, 5) is 0. The number of halogens is 1. The molecule has 0 bridgehead atoms. The summed E-state index contributed by atoms with van der Waals surface area (Å²) in [5, 5.41) is 9.61. The fraction of sp³-hybridized carbons (Fsp3) is 0.667. The zero-order valence-electron chi connectivity index (χ0n) is 14.4. The standard InChI is InChI=1S/C18H29IO3/c1-6-17(4,5)22-16-10-9-14(11-15(16)19)21-13-18(7-2,8-3)12-20/h9-11,20H,6-8,12-13H2,1-5H3. The zero-order chi connectivity index (χ0) is 16.8. The Kier molecular flexibility index (Phi) is 7.46. The third-order valence-electron chi connectivity index (χ3n) is 4.52. The van der Waals surface area contributed by atoms with Crippen molar-refractivity contribution in [3.8, 4) is 11.5 Å². The highest BCUT2D eigenvalue weighted by molar-refractivity contribution is 14.1. The van der Waals surface area contributed by atoms with Crippen LogP contribution in [0.5, 0.6) is 11.5 Å². The predicted octanol–water partition coefficient (Wildman–Crippen LogP) is 5.04. The van der Waals surface area contributed by atoms with Gasteiger partial charge in [0.25, 0.3) is 0 Å². The minimum atomic E-state index is -0.168. The zero-order valence-corrected chi connectivity index (χ0v) is 16.6. The SMILES string of the molecule is CCC(CC)(CO)COc1ccc(OC(C)(C)CC)c(I)c1. The van der Waals surface area contributed by atoms with Crippen molar-refractivity contribution >= 4 is 22.6 Å². The van der Waals surface area contributed by atoms with Gasteiger partial charge in [-0.15, -0.1) is 0 Å². The Labute approximate surface area is 148 Å². The third-order valence-corrected chi connectivity index (χ3v) is 5.36. The summed E-state index contributed by atoms with van der Waals surface area (Å²) >= 11 is 2.28. The Bertz CT molecular complexity index is 459. The van der Waals surface area contributed by atoms with Gasteiger partial charge in [-0.3, -0.25) is 0 Å². The van der Waals surface area contributed by atoms with Crippen LogP contribution in [-0.2, 0) is 0 Å². The van der Waals surface area contributed by atoms with E-state index in [0.29, 0.717) is 6.61 Å². The molecule has 0 atom stereocenters. The molecule has 1 N–H and O–H groups in total. The van der Waals surface area contributed by atoms with E-state index in [1.165, 1.54) is 0 Å². The van der Waals surface area contributed by atoms with Gasteiger partial charge in [0.05, 0.1) is 16.8 Å². The molecule has 1 aromatic carbocycles. The van der Waals surface area contributed by atoms with E-state index < -0.39 is 0 Å². The van der Waals surface area contributed by atoms with Gasteiger partial charge in [-0.25, -0.2) is 0 Å². The second kappa shape index (κ2) is 8.39. The van der Waals surface area contributed by atoms with Crippen molar-refractivity contribution in [1.82, 2.24) is 0 Å². The van der Waals surface area contributed by atoms with Gasteiger partial charge in [-0.2, -0.15) is 0 Å². The van der Waals surface area contributed by atoms with Crippen LogP contribution in [0.1, 0.15) is 53.9 Å². The summed E-state index contributed by atoms with van der Waals surface area (Å²) in [5.41, 5.74) is -0.316. The summed E-state index contributed by atoms with van der Waals surface area (Å²) in [5.74, 6) is 1.71. The molecule has 22 heavy (non-hydrogen) atoms. The van der Waals surface area contributed by atoms with E-state index >= 15 is 0 Å². The van der Waals surface area contributed by atoms with Crippen LogP contribution in [0.4, 0.5) is 0 Å². The second-order valence-corrected chi connectivity index (χ2v) is 7.62. The number of aliphatic hydroxyl groups is 1. The lowest BCUT2D eigenvalue weighted by molar-refractivity contribution is 0.0587. The number of rotatable bonds is 9. The summed E-state index contributed by atoms with van der Waals surface area (Å²) in [6, 6.07) is 5.90. The number of hydrogen-bond acceptors (Lipinski definition) is 3. The molecule has 0 saturated carbocycles. The highest BCUT2D eigenvalue weighted by Gasteiger charge is 2.26. The number of ether oxygens (including phenoxy) is 2. The monoisotopic (exact) mass is 420 g/mol.